The Morgan fingerprint density at radius 1 is 0.955 bits per heavy atom. The lowest BCUT2D eigenvalue weighted by Crippen LogP contribution is -2.44. The summed E-state index contributed by atoms with van der Waals surface area (Å²) in [6.07, 6.45) is 1.72. The molecule has 0 radical (unpaired) electrons. The quantitative estimate of drug-likeness (QED) is 0.141. The summed E-state index contributed by atoms with van der Waals surface area (Å²) >= 11 is 0. The van der Waals surface area contributed by atoms with Crippen LogP contribution in [0.15, 0.2) is 77.7 Å². The van der Waals surface area contributed by atoms with Crippen LogP contribution in [0.4, 0.5) is 11.4 Å². The van der Waals surface area contributed by atoms with Gasteiger partial charge in [0.05, 0.1) is 32.3 Å². The number of carbonyl (C=O) groups excluding carboxylic acids is 1. The molecule has 11 heteroatoms. The van der Waals surface area contributed by atoms with Gasteiger partial charge in [0.2, 0.25) is 15.9 Å². The van der Waals surface area contributed by atoms with Crippen LogP contribution in [-0.4, -0.2) is 70.2 Å². The number of carbonyl (C=O) groups is 1. The first kappa shape index (κ1) is 34.7. The lowest BCUT2D eigenvalue weighted by atomic mass is 10.1. The zero-order valence-corrected chi connectivity index (χ0v) is 26.9. The largest absolute Gasteiger partial charge is 0.493 e. The number of ether oxygens (including phenoxy) is 2. The van der Waals surface area contributed by atoms with E-state index < -0.39 is 16.1 Å². The number of sulfonamides is 1. The number of anilines is 2. The summed E-state index contributed by atoms with van der Waals surface area (Å²) in [5, 5.41) is 13.2. The van der Waals surface area contributed by atoms with Crippen molar-refractivity contribution in [3.05, 3.63) is 78.4 Å². The topological polar surface area (TPSA) is 134 Å². The van der Waals surface area contributed by atoms with Crippen molar-refractivity contribution in [3.8, 4) is 11.5 Å². The zero-order valence-electron chi connectivity index (χ0n) is 26.1. The highest BCUT2D eigenvalue weighted by Gasteiger charge is 2.31. The van der Waals surface area contributed by atoms with E-state index in [1.165, 1.54) is 16.4 Å². The Balaban J connectivity index is 1.60. The predicted molar refractivity (Wildman–Crippen MR) is 174 cm³/mol. The number of amides is 1. The fourth-order valence-corrected chi connectivity index (χ4v) is 6.84. The maximum absolute atomic E-state index is 13.5. The van der Waals surface area contributed by atoms with Gasteiger partial charge < -0.3 is 30.5 Å². The number of para-hydroxylation sites is 2. The average molecular weight is 627 g/mol. The maximum atomic E-state index is 13.5. The molecule has 10 nitrogen and oxygen atoms in total. The number of unbranched alkanes of at least 4 members (excludes halogenated alkanes) is 1. The summed E-state index contributed by atoms with van der Waals surface area (Å²) in [6, 6.07) is 20.9. The molecule has 0 bridgehead atoms. The molecule has 44 heavy (non-hydrogen) atoms. The summed E-state index contributed by atoms with van der Waals surface area (Å²) in [7, 11) is -0.644. The van der Waals surface area contributed by atoms with Crippen molar-refractivity contribution in [2.24, 2.45) is 5.92 Å². The van der Waals surface area contributed by atoms with E-state index in [1.54, 1.807) is 26.4 Å². The normalized spacial score (nSPS) is 12.2. The van der Waals surface area contributed by atoms with E-state index in [1.807, 2.05) is 67.3 Å². The number of methoxy groups -OCH3 is 2. The molecule has 0 unspecified atom stereocenters. The minimum atomic E-state index is -3.83. The maximum Gasteiger partial charge on any atom is 0.243 e. The molecule has 0 aliphatic heterocycles. The van der Waals surface area contributed by atoms with Gasteiger partial charge in [0, 0.05) is 42.6 Å². The standard InChI is InChI=1S/C33H46N4O6S/c1-25(2)21-37(44(40,41)30-18-16-27(34)17-19-30)29(24-38)14-8-9-20-35-32(39)23-36(28-12-6-5-7-13-28)22-26-11-10-15-31(42-3)33(26)43-4/h5-7,10-13,15-19,25,29,38H,8-9,14,20-24,34H2,1-4H3,(H,35,39)/t29-/m0/s1. The van der Waals surface area contributed by atoms with E-state index in [0.717, 1.165) is 11.3 Å². The first-order valence-corrected chi connectivity index (χ1v) is 16.3. The molecule has 3 rings (SSSR count). The number of nitrogens with two attached hydrogens (primary N) is 1. The minimum Gasteiger partial charge on any atom is -0.493 e. The monoisotopic (exact) mass is 626 g/mol. The molecule has 0 fully saturated rings. The number of rotatable bonds is 18. The Morgan fingerprint density at radius 3 is 2.27 bits per heavy atom. The molecular formula is C33H46N4O6S. The Hall–Kier alpha value is -3.80. The number of nitrogens with one attached hydrogen (secondary N) is 1. The number of nitrogen functional groups attached to an aromatic ring is 1. The van der Waals surface area contributed by atoms with Gasteiger partial charge in [-0.2, -0.15) is 4.31 Å². The van der Waals surface area contributed by atoms with Crippen LogP contribution in [-0.2, 0) is 21.4 Å². The molecule has 1 amide bonds. The van der Waals surface area contributed by atoms with Crippen LogP contribution in [0.3, 0.4) is 0 Å². The highest BCUT2D eigenvalue weighted by Crippen LogP contribution is 2.32. The van der Waals surface area contributed by atoms with Gasteiger partial charge in [0.15, 0.2) is 11.5 Å². The lowest BCUT2D eigenvalue weighted by molar-refractivity contribution is -0.119. The highest BCUT2D eigenvalue weighted by molar-refractivity contribution is 7.89. The van der Waals surface area contributed by atoms with Gasteiger partial charge in [0.1, 0.15) is 0 Å². The number of nitrogens with zero attached hydrogens (tertiary/aromatic N) is 2. The third-order valence-electron chi connectivity index (χ3n) is 7.24. The van der Waals surface area contributed by atoms with Crippen molar-refractivity contribution < 1.29 is 27.8 Å². The fraction of sp³-hybridized carbons (Fsp3) is 0.424. The number of hydrogen-bond donors (Lipinski definition) is 3. The summed E-state index contributed by atoms with van der Waals surface area (Å²) in [6.45, 7) is 4.86. The molecule has 0 aliphatic rings. The van der Waals surface area contributed by atoms with Gasteiger partial charge in [-0.3, -0.25) is 4.79 Å². The minimum absolute atomic E-state index is 0.0661. The molecular weight excluding hydrogens is 580 g/mol. The SMILES string of the molecule is COc1cccc(CN(CC(=O)NCCCC[C@@H](CO)N(CC(C)C)S(=O)(=O)c2ccc(N)cc2)c2ccccc2)c1OC. The Kier molecular flexibility index (Phi) is 13.3. The molecule has 0 saturated heterocycles. The van der Waals surface area contributed by atoms with Gasteiger partial charge in [-0.15, -0.1) is 0 Å². The first-order chi connectivity index (χ1) is 21.1. The van der Waals surface area contributed by atoms with Crippen molar-refractivity contribution in [2.45, 2.75) is 50.6 Å². The summed E-state index contributed by atoms with van der Waals surface area (Å²) in [5.74, 6) is 1.18. The van der Waals surface area contributed by atoms with Crippen molar-refractivity contribution in [2.75, 3.05) is 51.1 Å². The van der Waals surface area contributed by atoms with Gasteiger partial charge in [-0.1, -0.05) is 50.6 Å². The Morgan fingerprint density at radius 2 is 1.66 bits per heavy atom. The smallest absolute Gasteiger partial charge is 0.243 e. The molecule has 4 N–H and O–H groups in total. The molecule has 3 aromatic carbocycles. The van der Waals surface area contributed by atoms with Crippen molar-refractivity contribution >= 4 is 27.3 Å². The predicted octanol–water partition coefficient (Wildman–Crippen LogP) is 4.29. The molecule has 0 saturated carbocycles. The van der Waals surface area contributed by atoms with Crippen LogP contribution in [0.1, 0.15) is 38.7 Å². The van der Waals surface area contributed by atoms with Crippen LogP contribution in [0, 0.1) is 5.92 Å². The van der Waals surface area contributed by atoms with E-state index in [2.05, 4.69) is 5.32 Å². The molecule has 1 atom stereocenters. The fourth-order valence-electron chi connectivity index (χ4n) is 5.03. The lowest BCUT2D eigenvalue weighted by Gasteiger charge is -2.31. The van der Waals surface area contributed by atoms with Crippen LogP contribution >= 0.6 is 0 Å². The van der Waals surface area contributed by atoms with Crippen LogP contribution in [0.5, 0.6) is 11.5 Å². The van der Waals surface area contributed by atoms with Gasteiger partial charge >= 0.3 is 0 Å². The van der Waals surface area contributed by atoms with E-state index in [0.29, 0.717) is 49.5 Å². The zero-order chi connectivity index (χ0) is 32.1. The summed E-state index contributed by atoms with van der Waals surface area (Å²) in [4.78, 5) is 15.2. The third kappa shape index (κ3) is 9.60. The summed E-state index contributed by atoms with van der Waals surface area (Å²) < 4.78 is 39.4. The van der Waals surface area contributed by atoms with Crippen LogP contribution in [0.25, 0.3) is 0 Å². The second-order valence-electron chi connectivity index (χ2n) is 11.1. The number of benzene rings is 3. The van der Waals surface area contributed by atoms with Gasteiger partial charge in [-0.25, -0.2) is 8.42 Å². The van der Waals surface area contributed by atoms with Crippen LogP contribution < -0.4 is 25.4 Å². The molecule has 0 heterocycles. The van der Waals surface area contributed by atoms with Crippen LogP contribution in [0.2, 0.25) is 0 Å². The Bertz CT molecular complexity index is 1420. The molecule has 0 aromatic heterocycles. The number of hydrogen-bond acceptors (Lipinski definition) is 8. The van der Waals surface area contributed by atoms with Crippen molar-refractivity contribution in [1.82, 2.24) is 9.62 Å². The van der Waals surface area contributed by atoms with E-state index in [9.17, 15) is 18.3 Å². The molecule has 0 spiro atoms. The van der Waals surface area contributed by atoms with Crippen molar-refractivity contribution in [1.29, 1.82) is 0 Å². The average Bonchev–Trinajstić information content (AvgIpc) is 3.01. The van der Waals surface area contributed by atoms with E-state index in [-0.39, 0.29) is 36.4 Å². The number of aliphatic hydroxyl groups is 1. The molecule has 240 valence electrons. The molecule has 0 aliphatic carbocycles. The van der Waals surface area contributed by atoms with E-state index >= 15 is 0 Å². The second kappa shape index (κ2) is 16.9. The first-order valence-electron chi connectivity index (χ1n) is 14.9. The Labute approximate surface area is 261 Å². The van der Waals surface area contributed by atoms with Crippen molar-refractivity contribution in [3.63, 3.8) is 0 Å². The number of aliphatic hydroxyl groups excluding tert-OH is 1. The summed E-state index contributed by atoms with van der Waals surface area (Å²) in [5.41, 5.74) is 8.01. The second-order valence-corrected chi connectivity index (χ2v) is 13.0. The van der Waals surface area contributed by atoms with Gasteiger partial charge in [-0.05, 0) is 61.2 Å². The highest BCUT2D eigenvalue weighted by atomic mass is 32.2. The van der Waals surface area contributed by atoms with E-state index in [4.69, 9.17) is 15.2 Å². The third-order valence-corrected chi connectivity index (χ3v) is 9.17. The van der Waals surface area contributed by atoms with Gasteiger partial charge in [0.25, 0.3) is 0 Å². The molecule has 3 aromatic rings.